The van der Waals surface area contributed by atoms with Crippen LogP contribution in [0.25, 0.3) is 22.2 Å². The summed E-state index contributed by atoms with van der Waals surface area (Å²) >= 11 is 0. The minimum absolute atomic E-state index is 0.0813. The van der Waals surface area contributed by atoms with Gasteiger partial charge in [0.25, 0.3) is 0 Å². The Morgan fingerprint density at radius 2 is 2.05 bits per heavy atom. The molecule has 0 fully saturated rings. The second-order valence-electron chi connectivity index (χ2n) is 4.16. The van der Waals surface area contributed by atoms with Crippen LogP contribution in [0, 0.1) is 11.6 Å². The average Bonchev–Trinajstić information content (AvgIpc) is 2.91. The van der Waals surface area contributed by atoms with Crippen molar-refractivity contribution in [3.63, 3.8) is 0 Å². The molecular formula is C14H7F2NO3. The van der Waals surface area contributed by atoms with Gasteiger partial charge >= 0.3 is 5.97 Å². The fourth-order valence-electron chi connectivity index (χ4n) is 1.99. The summed E-state index contributed by atoms with van der Waals surface area (Å²) in [6, 6.07) is 4.45. The molecular weight excluding hydrogens is 268 g/mol. The number of hydrogen-bond acceptors (Lipinski definition) is 3. The van der Waals surface area contributed by atoms with Gasteiger partial charge in [-0.3, -0.25) is 0 Å². The molecule has 0 bridgehead atoms. The number of carboxylic acid groups (broad SMARTS) is 1. The smallest absolute Gasteiger partial charge is 0.336 e. The van der Waals surface area contributed by atoms with Gasteiger partial charge in [0, 0.05) is 17.0 Å². The molecule has 1 N–H and O–H groups in total. The standard InChI is InChI=1S/C14H7F2NO3/c15-8-3-9-10(14(18)19)5-12(7-1-2-20-6-7)17-13(9)11(16)4-8/h1-6H,(H,18,19). The summed E-state index contributed by atoms with van der Waals surface area (Å²) in [4.78, 5) is 15.3. The molecule has 6 heteroatoms. The van der Waals surface area contributed by atoms with Gasteiger partial charge in [0.15, 0.2) is 5.82 Å². The molecule has 2 heterocycles. The van der Waals surface area contributed by atoms with Gasteiger partial charge in [0.1, 0.15) is 11.3 Å². The summed E-state index contributed by atoms with van der Waals surface area (Å²) < 4.78 is 31.9. The van der Waals surface area contributed by atoms with Gasteiger partial charge in [-0.1, -0.05) is 0 Å². The van der Waals surface area contributed by atoms with Gasteiger partial charge in [0.2, 0.25) is 0 Å². The fraction of sp³-hybridized carbons (Fsp3) is 0. The molecule has 0 aliphatic carbocycles. The molecule has 2 aromatic heterocycles. The molecule has 100 valence electrons. The molecule has 1 aromatic carbocycles. The minimum atomic E-state index is -1.29. The van der Waals surface area contributed by atoms with Crippen LogP contribution in [0.2, 0.25) is 0 Å². The Hall–Kier alpha value is -2.76. The minimum Gasteiger partial charge on any atom is -0.478 e. The van der Waals surface area contributed by atoms with Gasteiger partial charge in [-0.05, 0) is 18.2 Å². The Morgan fingerprint density at radius 3 is 2.70 bits per heavy atom. The van der Waals surface area contributed by atoms with Crippen LogP contribution in [0.4, 0.5) is 8.78 Å². The number of carboxylic acids is 1. The second kappa shape index (κ2) is 4.41. The zero-order valence-corrected chi connectivity index (χ0v) is 9.93. The van der Waals surface area contributed by atoms with Gasteiger partial charge in [-0.25, -0.2) is 18.6 Å². The van der Waals surface area contributed by atoms with Gasteiger partial charge in [-0.15, -0.1) is 0 Å². The Kier molecular flexibility index (Phi) is 2.71. The van der Waals surface area contributed by atoms with E-state index in [0.717, 1.165) is 6.07 Å². The lowest BCUT2D eigenvalue weighted by atomic mass is 10.1. The molecule has 3 aromatic rings. The third-order valence-electron chi connectivity index (χ3n) is 2.88. The molecule has 0 aliphatic rings. The van der Waals surface area contributed by atoms with Crippen molar-refractivity contribution in [2.45, 2.75) is 0 Å². The number of aromatic carboxylic acids is 1. The number of nitrogens with zero attached hydrogens (tertiary/aromatic N) is 1. The normalized spacial score (nSPS) is 10.9. The molecule has 0 amide bonds. The number of carbonyl (C=O) groups is 1. The van der Waals surface area contributed by atoms with Crippen molar-refractivity contribution in [2.24, 2.45) is 0 Å². The Balaban J connectivity index is 2.40. The summed E-state index contributed by atoms with van der Waals surface area (Å²) in [6.07, 6.45) is 2.75. The van der Waals surface area contributed by atoms with Crippen molar-refractivity contribution in [2.75, 3.05) is 0 Å². The van der Waals surface area contributed by atoms with Crippen LogP contribution in [0.3, 0.4) is 0 Å². The largest absolute Gasteiger partial charge is 0.478 e. The van der Waals surface area contributed by atoms with Crippen molar-refractivity contribution < 1.29 is 23.1 Å². The van der Waals surface area contributed by atoms with E-state index >= 15 is 0 Å². The predicted octanol–water partition coefficient (Wildman–Crippen LogP) is 3.47. The van der Waals surface area contributed by atoms with E-state index in [-0.39, 0.29) is 22.2 Å². The number of halogens is 2. The van der Waals surface area contributed by atoms with E-state index < -0.39 is 17.6 Å². The first-order valence-corrected chi connectivity index (χ1v) is 5.62. The Morgan fingerprint density at radius 1 is 1.25 bits per heavy atom. The van der Waals surface area contributed by atoms with E-state index in [1.54, 1.807) is 6.07 Å². The number of fused-ring (bicyclic) bond motifs is 1. The number of benzene rings is 1. The topological polar surface area (TPSA) is 63.3 Å². The molecule has 4 nitrogen and oxygen atoms in total. The first-order chi connectivity index (χ1) is 9.56. The summed E-state index contributed by atoms with van der Waals surface area (Å²) in [5.74, 6) is -3.05. The summed E-state index contributed by atoms with van der Waals surface area (Å²) in [6.45, 7) is 0. The molecule has 0 saturated heterocycles. The quantitative estimate of drug-likeness (QED) is 0.777. The molecule has 20 heavy (non-hydrogen) atoms. The van der Waals surface area contributed by atoms with Crippen LogP contribution in [0.1, 0.15) is 10.4 Å². The number of aromatic nitrogens is 1. The van der Waals surface area contributed by atoms with E-state index in [1.807, 2.05) is 0 Å². The Labute approximate surface area is 111 Å². The fourth-order valence-corrected chi connectivity index (χ4v) is 1.99. The summed E-state index contributed by atoms with van der Waals surface area (Å²) in [5.41, 5.74) is 0.347. The van der Waals surface area contributed by atoms with Crippen LogP contribution in [-0.2, 0) is 0 Å². The van der Waals surface area contributed by atoms with Crippen molar-refractivity contribution >= 4 is 16.9 Å². The molecule has 0 spiro atoms. The van der Waals surface area contributed by atoms with Crippen LogP contribution in [0.15, 0.2) is 41.2 Å². The van der Waals surface area contributed by atoms with Gasteiger partial charge in [0.05, 0.1) is 23.8 Å². The van der Waals surface area contributed by atoms with E-state index in [0.29, 0.717) is 11.6 Å². The SMILES string of the molecule is O=C(O)c1cc(-c2ccoc2)nc2c(F)cc(F)cc12. The van der Waals surface area contributed by atoms with Gasteiger partial charge < -0.3 is 9.52 Å². The van der Waals surface area contributed by atoms with Crippen LogP contribution >= 0.6 is 0 Å². The number of hydrogen-bond donors (Lipinski definition) is 1. The third-order valence-corrected chi connectivity index (χ3v) is 2.88. The van der Waals surface area contributed by atoms with E-state index in [9.17, 15) is 18.7 Å². The maximum atomic E-state index is 13.8. The van der Waals surface area contributed by atoms with E-state index in [4.69, 9.17) is 4.42 Å². The predicted molar refractivity (Wildman–Crippen MR) is 66.3 cm³/mol. The maximum absolute atomic E-state index is 13.8. The average molecular weight is 275 g/mol. The molecule has 0 atom stereocenters. The second-order valence-corrected chi connectivity index (χ2v) is 4.16. The maximum Gasteiger partial charge on any atom is 0.336 e. The third kappa shape index (κ3) is 1.91. The van der Waals surface area contributed by atoms with Crippen molar-refractivity contribution in [3.8, 4) is 11.3 Å². The molecule has 3 rings (SSSR count). The van der Waals surface area contributed by atoms with Crippen molar-refractivity contribution in [1.29, 1.82) is 0 Å². The van der Waals surface area contributed by atoms with Gasteiger partial charge in [-0.2, -0.15) is 0 Å². The highest BCUT2D eigenvalue weighted by Gasteiger charge is 2.17. The molecule has 0 radical (unpaired) electrons. The highest BCUT2D eigenvalue weighted by atomic mass is 19.1. The van der Waals surface area contributed by atoms with Crippen LogP contribution in [0.5, 0.6) is 0 Å². The van der Waals surface area contributed by atoms with E-state index in [2.05, 4.69) is 4.98 Å². The lowest BCUT2D eigenvalue weighted by molar-refractivity contribution is 0.0699. The summed E-state index contributed by atoms with van der Waals surface area (Å²) in [7, 11) is 0. The van der Waals surface area contributed by atoms with Crippen LogP contribution in [-0.4, -0.2) is 16.1 Å². The highest BCUT2D eigenvalue weighted by Crippen LogP contribution is 2.27. The first-order valence-electron chi connectivity index (χ1n) is 5.62. The van der Waals surface area contributed by atoms with Crippen LogP contribution < -0.4 is 0 Å². The zero-order chi connectivity index (χ0) is 14.3. The molecule has 0 unspecified atom stereocenters. The first kappa shape index (κ1) is 12.3. The number of furan rings is 1. The lowest BCUT2D eigenvalue weighted by Gasteiger charge is -2.06. The van der Waals surface area contributed by atoms with Crippen molar-refractivity contribution in [1.82, 2.24) is 4.98 Å². The molecule has 0 aliphatic heterocycles. The lowest BCUT2D eigenvalue weighted by Crippen LogP contribution is -2.02. The molecule has 0 saturated carbocycles. The zero-order valence-electron chi connectivity index (χ0n) is 9.93. The summed E-state index contributed by atoms with van der Waals surface area (Å²) in [5, 5.41) is 9.11. The highest BCUT2D eigenvalue weighted by molar-refractivity contribution is 6.03. The number of pyridine rings is 1. The van der Waals surface area contributed by atoms with Crippen molar-refractivity contribution in [3.05, 3.63) is 54.0 Å². The number of rotatable bonds is 2. The monoisotopic (exact) mass is 275 g/mol. The Bertz CT molecular complexity index is 813. The van der Waals surface area contributed by atoms with E-state index in [1.165, 1.54) is 18.6 Å².